The van der Waals surface area contributed by atoms with Crippen LogP contribution in [0.25, 0.3) is 99.3 Å². The Morgan fingerprint density at radius 3 is 1.75 bits per heavy atom. The molecule has 0 amide bonds. The minimum Gasteiger partial charge on any atom is -0.309 e. The molecule has 11 aromatic rings. The standard InChI is InChI=1S/C49H32N4/c1-31-19-20-35-30-36(22-21-34(35)29-31)48-38-13-5-8-16-41(38)50-49(51-48)53-43-18-10-7-15-40(43)47-45(53)28-27-44-46(47)39-14-6-9-17-42(39)52(44)37-25-23-33(24-26-37)32-11-3-2-4-12-32/h2-30H,1H3/i2D,3D,4D,5D,6D,7D,8D,9D,10D,11D,12D,13D,14D,15D,16D,17D,18D,19D,20D,21D,22D,23D,24D,25D,26D,27D,28D,29D,30D. The van der Waals surface area contributed by atoms with Crippen molar-refractivity contribution < 1.29 is 39.8 Å². The Labute approximate surface area is 346 Å². The Morgan fingerprint density at radius 1 is 0.434 bits per heavy atom. The lowest BCUT2D eigenvalue weighted by Crippen LogP contribution is -2.03. The fourth-order valence-electron chi connectivity index (χ4n) is 6.39. The van der Waals surface area contributed by atoms with E-state index in [0.717, 1.165) is 9.13 Å². The summed E-state index contributed by atoms with van der Waals surface area (Å²) in [5.41, 5.74) is -7.12. The van der Waals surface area contributed by atoms with Gasteiger partial charge in [-0.2, -0.15) is 0 Å². The first-order valence-corrected chi connectivity index (χ1v) is 15.7. The van der Waals surface area contributed by atoms with Crippen LogP contribution in [0.3, 0.4) is 0 Å². The second kappa shape index (κ2) is 11.5. The van der Waals surface area contributed by atoms with Gasteiger partial charge in [-0.25, -0.2) is 9.97 Å². The van der Waals surface area contributed by atoms with E-state index in [1.54, 1.807) is 0 Å². The molecule has 248 valence electrons. The van der Waals surface area contributed by atoms with Crippen LogP contribution in [0.1, 0.15) is 45.3 Å². The molecule has 8 aromatic carbocycles. The highest BCUT2D eigenvalue weighted by molar-refractivity contribution is 6.28. The molecule has 0 spiro atoms. The summed E-state index contributed by atoms with van der Waals surface area (Å²) in [4.78, 5) is 9.16. The van der Waals surface area contributed by atoms with Crippen molar-refractivity contribution in [3.8, 4) is 34.0 Å². The van der Waals surface area contributed by atoms with Crippen LogP contribution in [-0.2, 0) is 0 Å². The molecule has 0 aliphatic heterocycles. The van der Waals surface area contributed by atoms with Crippen LogP contribution < -0.4 is 0 Å². The number of aromatic nitrogens is 4. The lowest BCUT2D eigenvalue weighted by Gasteiger charge is -2.12. The third-order valence-corrected chi connectivity index (χ3v) is 8.60. The minimum absolute atomic E-state index is 0.0577. The molecule has 0 N–H and O–H groups in total. The smallest absolute Gasteiger partial charge is 0.235 e. The SMILES string of the molecule is [2H]c1c([2H])c([2H])c(-c2c([2H])c([2H])c(-n3c4c([2H])c([2H])c([2H])c([2H])c4c4c5c6c([2H])c([2H])c([2H])c([2H])c6n(-c6nc(-c7c([2H])c([2H])c8c([2H])c(C)c([2H])c([2H])c8c7[2H])c7c([2H])c([2H])c([2H])c([2H])c7n6)c5c([2H])c([2H])c43)c([2H])c2[2H])c([2H])c1[2H]. The Bertz CT molecular complexity index is 4870. The lowest BCUT2D eigenvalue weighted by molar-refractivity contribution is 1.01. The Hall–Kier alpha value is -7.04. The van der Waals surface area contributed by atoms with E-state index in [0.29, 0.717) is 0 Å². The maximum atomic E-state index is 9.91. The summed E-state index contributed by atoms with van der Waals surface area (Å²) in [6.07, 6.45) is 0. The first kappa shape index (κ1) is 12.9. The molecule has 4 nitrogen and oxygen atoms in total. The molecule has 0 saturated heterocycles. The number of para-hydroxylation sites is 3. The zero-order chi connectivity index (χ0) is 60.3. The van der Waals surface area contributed by atoms with Crippen LogP contribution in [0, 0.1) is 6.92 Å². The number of fused-ring (bicyclic) bond motifs is 9. The molecule has 0 aliphatic rings. The van der Waals surface area contributed by atoms with Gasteiger partial charge in [0, 0.05) is 38.2 Å². The van der Waals surface area contributed by atoms with Gasteiger partial charge >= 0.3 is 0 Å². The van der Waals surface area contributed by atoms with Gasteiger partial charge in [0.2, 0.25) is 5.95 Å². The molecular weight excluding hydrogens is 645 g/mol. The van der Waals surface area contributed by atoms with Crippen LogP contribution in [-0.4, -0.2) is 19.1 Å². The monoisotopic (exact) mass is 705 g/mol. The zero-order valence-electron chi connectivity index (χ0n) is 55.8. The maximum absolute atomic E-state index is 9.91. The molecule has 11 rings (SSSR count). The molecule has 3 heterocycles. The predicted molar refractivity (Wildman–Crippen MR) is 221 cm³/mol. The van der Waals surface area contributed by atoms with Gasteiger partial charge in [-0.15, -0.1) is 0 Å². The largest absolute Gasteiger partial charge is 0.309 e. The number of hydrogen-bond acceptors (Lipinski definition) is 2. The third kappa shape index (κ3) is 4.56. The van der Waals surface area contributed by atoms with Crippen molar-refractivity contribution in [3.05, 3.63) is 181 Å². The quantitative estimate of drug-likeness (QED) is 0.183. The molecular formula is C49H32N4. The number of hydrogen-bond donors (Lipinski definition) is 0. The summed E-state index contributed by atoms with van der Waals surface area (Å²) >= 11 is 0. The molecule has 53 heavy (non-hydrogen) atoms. The average Bonchev–Trinajstić information content (AvgIpc) is 1.59. The van der Waals surface area contributed by atoms with E-state index in [1.807, 2.05) is 0 Å². The maximum Gasteiger partial charge on any atom is 0.235 e. The van der Waals surface area contributed by atoms with Gasteiger partial charge in [0.1, 0.15) is 0 Å². The summed E-state index contributed by atoms with van der Waals surface area (Å²) in [7, 11) is 0. The van der Waals surface area contributed by atoms with E-state index in [1.165, 1.54) is 6.92 Å². The van der Waals surface area contributed by atoms with E-state index >= 15 is 0 Å². The van der Waals surface area contributed by atoms with E-state index in [4.69, 9.17) is 23.3 Å². The average molecular weight is 706 g/mol. The Kier molecular flexibility index (Phi) is 2.79. The Morgan fingerprint density at radius 2 is 1.00 bits per heavy atom. The van der Waals surface area contributed by atoms with Crippen molar-refractivity contribution in [3.63, 3.8) is 0 Å². The zero-order valence-corrected chi connectivity index (χ0v) is 26.8. The second-order valence-corrected chi connectivity index (χ2v) is 11.6. The van der Waals surface area contributed by atoms with E-state index in [9.17, 15) is 16.4 Å². The van der Waals surface area contributed by atoms with Crippen molar-refractivity contribution in [2.24, 2.45) is 0 Å². The summed E-state index contributed by atoms with van der Waals surface area (Å²) in [6.45, 7) is 1.33. The van der Waals surface area contributed by atoms with Crippen molar-refractivity contribution in [2.45, 2.75) is 6.92 Å². The van der Waals surface area contributed by atoms with Crippen LogP contribution in [0.15, 0.2) is 175 Å². The number of rotatable bonds is 4. The fourth-order valence-corrected chi connectivity index (χ4v) is 6.39. The number of benzene rings is 8. The highest BCUT2D eigenvalue weighted by atomic mass is 15.2. The van der Waals surface area contributed by atoms with Crippen LogP contribution in [0.5, 0.6) is 0 Å². The summed E-state index contributed by atoms with van der Waals surface area (Å²) in [6, 6.07) is -25.4. The van der Waals surface area contributed by atoms with Crippen LogP contribution in [0.2, 0.25) is 0 Å². The topological polar surface area (TPSA) is 35.6 Å². The molecule has 0 radical (unpaired) electrons. The highest BCUT2D eigenvalue weighted by Gasteiger charge is 2.22. The van der Waals surface area contributed by atoms with E-state index in [2.05, 4.69) is 9.97 Å². The van der Waals surface area contributed by atoms with Crippen molar-refractivity contribution in [1.82, 2.24) is 19.1 Å². The van der Waals surface area contributed by atoms with Crippen molar-refractivity contribution in [2.75, 3.05) is 0 Å². The lowest BCUT2D eigenvalue weighted by atomic mass is 10.0. The first-order valence-electron chi connectivity index (χ1n) is 30.2. The molecule has 0 fully saturated rings. The van der Waals surface area contributed by atoms with Gasteiger partial charge in [-0.05, 0) is 77.2 Å². The van der Waals surface area contributed by atoms with Gasteiger partial charge in [0.05, 0.1) is 73.0 Å². The van der Waals surface area contributed by atoms with Crippen LogP contribution >= 0.6 is 0 Å². The molecule has 3 aromatic heterocycles. The van der Waals surface area contributed by atoms with E-state index in [-0.39, 0.29) is 10.9 Å². The second-order valence-electron chi connectivity index (χ2n) is 11.6. The van der Waals surface area contributed by atoms with Gasteiger partial charge in [-0.1, -0.05) is 132 Å². The molecule has 0 atom stereocenters. The van der Waals surface area contributed by atoms with Gasteiger partial charge in [0.25, 0.3) is 0 Å². The van der Waals surface area contributed by atoms with Crippen LogP contribution in [0.4, 0.5) is 0 Å². The van der Waals surface area contributed by atoms with E-state index < -0.39 is 269 Å². The van der Waals surface area contributed by atoms with Crippen molar-refractivity contribution in [1.29, 1.82) is 0 Å². The fraction of sp³-hybridized carbons (Fsp3) is 0.0204. The Balaban J connectivity index is 1.40. The first-order chi connectivity index (χ1) is 38.3. The molecule has 0 unspecified atom stereocenters. The molecule has 4 heteroatoms. The molecule has 0 aliphatic carbocycles. The van der Waals surface area contributed by atoms with Gasteiger partial charge in [0.15, 0.2) is 0 Å². The number of nitrogens with zero attached hydrogens (tertiary/aromatic N) is 4. The summed E-state index contributed by atoms with van der Waals surface area (Å²) in [5.74, 6) is -0.846. The summed E-state index contributed by atoms with van der Waals surface area (Å²) in [5, 5.41) is -3.63. The normalized spacial score (nSPS) is 19.5. The predicted octanol–water partition coefficient (Wildman–Crippen LogP) is 12.6. The molecule has 0 bridgehead atoms. The molecule has 0 saturated carbocycles. The van der Waals surface area contributed by atoms with Gasteiger partial charge in [-0.3, -0.25) is 4.57 Å². The van der Waals surface area contributed by atoms with Gasteiger partial charge < -0.3 is 4.57 Å². The third-order valence-electron chi connectivity index (χ3n) is 8.60. The minimum atomic E-state index is -1.05. The summed E-state index contributed by atoms with van der Waals surface area (Å²) < 4.78 is 263. The van der Waals surface area contributed by atoms with Crippen molar-refractivity contribution >= 4 is 65.3 Å². The highest BCUT2D eigenvalue weighted by Crippen LogP contribution is 2.42.